The zero-order valence-electron chi connectivity index (χ0n) is 19.1. The monoisotopic (exact) mass is 467 g/mol. The molecular weight excluding hydrogens is 438 g/mol. The van der Waals surface area contributed by atoms with Gasteiger partial charge in [0.1, 0.15) is 17.4 Å². The van der Waals surface area contributed by atoms with Crippen LogP contribution in [0.4, 0.5) is 0 Å². The molecule has 2 aromatic carbocycles. The lowest BCUT2D eigenvalue weighted by Crippen LogP contribution is -2.58. The second-order valence-electron chi connectivity index (χ2n) is 8.55. The molecule has 174 valence electrons. The van der Waals surface area contributed by atoms with Crippen molar-refractivity contribution in [3.8, 4) is 5.75 Å². The van der Waals surface area contributed by atoms with Crippen molar-refractivity contribution >= 4 is 23.8 Å². The number of aliphatic imine (C=N–C) groups is 1. The molecule has 0 fully saturated rings. The summed E-state index contributed by atoms with van der Waals surface area (Å²) in [5.41, 5.74) is 0.462. The number of esters is 1. The fraction of sp³-hybridized carbons (Fsp3) is 0.407. The average Bonchev–Trinajstić information content (AvgIpc) is 3.33. The van der Waals surface area contributed by atoms with Gasteiger partial charge in [0.15, 0.2) is 5.60 Å². The Labute approximate surface area is 200 Å². The first kappa shape index (κ1) is 23.5. The number of ether oxygens (including phenoxy) is 2. The fourth-order valence-electron chi connectivity index (χ4n) is 4.95. The lowest BCUT2D eigenvalue weighted by molar-refractivity contribution is -0.143. The molecule has 2 aliphatic rings. The molecule has 3 atom stereocenters. The summed E-state index contributed by atoms with van der Waals surface area (Å²) in [6.07, 6.45) is 7.96. The zero-order chi connectivity index (χ0) is 23.5. The minimum atomic E-state index is -1.44. The van der Waals surface area contributed by atoms with E-state index < -0.39 is 17.2 Å². The van der Waals surface area contributed by atoms with Gasteiger partial charge in [0.25, 0.3) is 0 Å². The van der Waals surface area contributed by atoms with E-state index in [1.165, 1.54) is 0 Å². The summed E-state index contributed by atoms with van der Waals surface area (Å²) in [7, 11) is 0. The first-order valence-electron chi connectivity index (χ1n) is 11.6. The number of benzene rings is 2. The highest BCUT2D eigenvalue weighted by Gasteiger charge is 2.57. The van der Waals surface area contributed by atoms with E-state index in [9.17, 15) is 9.90 Å². The molecule has 6 heteroatoms. The Morgan fingerprint density at radius 1 is 1.30 bits per heavy atom. The van der Waals surface area contributed by atoms with E-state index in [2.05, 4.69) is 6.07 Å². The summed E-state index contributed by atoms with van der Waals surface area (Å²) in [5.74, 6) is 0.556. The molecule has 4 rings (SSSR count). The highest BCUT2D eigenvalue weighted by Crippen LogP contribution is 2.49. The normalized spacial score (nSPS) is 23.0. The summed E-state index contributed by atoms with van der Waals surface area (Å²) in [5, 5.41) is 12.9. The highest BCUT2D eigenvalue weighted by molar-refractivity contribution is 6.31. The SMILES string of the molecule is CCOC(=O)CCc1ccc2c(c1)CCC(C(O)(c1ccccc1Cl)C1(CC)C=CC=N1)O2. The van der Waals surface area contributed by atoms with Gasteiger partial charge in [-0.1, -0.05) is 54.9 Å². The van der Waals surface area contributed by atoms with Crippen LogP contribution in [0.15, 0.2) is 59.6 Å². The van der Waals surface area contributed by atoms with Crippen molar-refractivity contribution < 1.29 is 19.4 Å². The summed E-state index contributed by atoms with van der Waals surface area (Å²) < 4.78 is 11.5. The minimum absolute atomic E-state index is 0.189. The van der Waals surface area contributed by atoms with Crippen LogP contribution in [0.25, 0.3) is 0 Å². The summed E-state index contributed by atoms with van der Waals surface area (Å²) >= 11 is 6.60. The first-order chi connectivity index (χ1) is 15.9. The maximum Gasteiger partial charge on any atom is 0.306 e. The quantitative estimate of drug-likeness (QED) is 0.541. The maximum atomic E-state index is 12.4. The minimum Gasteiger partial charge on any atom is -0.487 e. The Hall–Kier alpha value is -2.63. The van der Waals surface area contributed by atoms with Gasteiger partial charge in [-0.05, 0) is 61.9 Å². The topological polar surface area (TPSA) is 68.1 Å². The molecule has 2 aliphatic heterocycles. The van der Waals surface area contributed by atoms with Crippen molar-refractivity contribution in [3.05, 3.63) is 76.3 Å². The van der Waals surface area contributed by atoms with Gasteiger partial charge in [0.05, 0.1) is 6.61 Å². The molecule has 2 aromatic rings. The molecular formula is C27H30ClNO4. The number of carbonyl (C=O) groups is 1. The number of halogens is 1. The largest absolute Gasteiger partial charge is 0.487 e. The van der Waals surface area contributed by atoms with Crippen LogP contribution >= 0.6 is 11.6 Å². The molecule has 5 nitrogen and oxygen atoms in total. The Kier molecular flexibility index (Phi) is 6.91. The number of hydrogen-bond acceptors (Lipinski definition) is 5. The fourth-order valence-corrected chi connectivity index (χ4v) is 5.23. The van der Waals surface area contributed by atoms with Crippen LogP contribution in [0.3, 0.4) is 0 Å². The molecule has 3 unspecified atom stereocenters. The van der Waals surface area contributed by atoms with Gasteiger partial charge in [0, 0.05) is 23.2 Å². The van der Waals surface area contributed by atoms with E-state index in [4.69, 9.17) is 26.1 Å². The second kappa shape index (κ2) is 9.70. The number of fused-ring (bicyclic) bond motifs is 1. The van der Waals surface area contributed by atoms with Crippen molar-refractivity contribution in [2.24, 2.45) is 4.99 Å². The van der Waals surface area contributed by atoms with Crippen molar-refractivity contribution in [2.45, 2.75) is 63.2 Å². The predicted molar refractivity (Wildman–Crippen MR) is 130 cm³/mol. The number of rotatable bonds is 8. The summed E-state index contributed by atoms with van der Waals surface area (Å²) in [6.45, 7) is 4.22. The van der Waals surface area contributed by atoms with Crippen LogP contribution in [0.5, 0.6) is 5.75 Å². The third kappa shape index (κ3) is 4.32. The zero-order valence-corrected chi connectivity index (χ0v) is 19.8. The molecule has 0 radical (unpaired) electrons. The van der Waals surface area contributed by atoms with Crippen molar-refractivity contribution in [1.29, 1.82) is 0 Å². The highest BCUT2D eigenvalue weighted by atomic mass is 35.5. The van der Waals surface area contributed by atoms with Crippen molar-refractivity contribution in [1.82, 2.24) is 0 Å². The lowest BCUT2D eigenvalue weighted by atomic mass is 9.68. The van der Waals surface area contributed by atoms with Gasteiger partial charge >= 0.3 is 5.97 Å². The van der Waals surface area contributed by atoms with Crippen molar-refractivity contribution in [2.75, 3.05) is 6.61 Å². The van der Waals surface area contributed by atoms with E-state index in [0.717, 1.165) is 23.3 Å². The summed E-state index contributed by atoms with van der Waals surface area (Å²) in [4.78, 5) is 16.4. The Morgan fingerprint density at radius 3 is 2.82 bits per heavy atom. The molecule has 0 bridgehead atoms. The molecule has 0 spiro atoms. The van der Waals surface area contributed by atoms with E-state index in [-0.39, 0.29) is 5.97 Å². The van der Waals surface area contributed by atoms with E-state index in [1.807, 2.05) is 56.3 Å². The number of nitrogens with zero attached hydrogens (tertiary/aromatic N) is 1. The molecule has 0 aliphatic carbocycles. The molecule has 0 aromatic heterocycles. The van der Waals surface area contributed by atoms with Crippen LogP contribution in [-0.2, 0) is 28.0 Å². The third-order valence-electron chi connectivity index (χ3n) is 6.71. The lowest BCUT2D eigenvalue weighted by Gasteiger charge is -2.48. The Balaban J connectivity index is 1.64. The smallest absolute Gasteiger partial charge is 0.306 e. The average molecular weight is 468 g/mol. The van der Waals surface area contributed by atoms with Gasteiger partial charge in [0.2, 0.25) is 0 Å². The van der Waals surface area contributed by atoms with E-state index >= 15 is 0 Å². The van der Waals surface area contributed by atoms with Crippen LogP contribution in [0.1, 0.15) is 49.8 Å². The van der Waals surface area contributed by atoms with Gasteiger partial charge in [-0.25, -0.2) is 0 Å². The van der Waals surface area contributed by atoms with E-state index in [1.54, 1.807) is 12.3 Å². The van der Waals surface area contributed by atoms with Gasteiger partial charge in [-0.15, -0.1) is 0 Å². The Bertz CT molecular complexity index is 1070. The number of allylic oxidation sites excluding steroid dienone is 1. The van der Waals surface area contributed by atoms with Crippen LogP contribution in [0, 0.1) is 0 Å². The molecule has 1 N–H and O–H groups in total. The number of carbonyl (C=O) groups excluding carboxylic acids is 1. The van der Waals surface area contributed by atoms with Gasteiger partial charge < -0.3 is 14.6 Å². The maximum absolute atomic E-state index is 12.4. The first-order valence-corrected chi connectivity index (χ1v) is 12.0. The number of aliphatic hydroxyl groups is 1. The summed E-state index contributed by atoms with van der Waals surface area (Å²) in [6, 6.07) is 13.4. The third-order valence-corrected chi connectivity index (χ3v) is 7.04. The molecule has 33 heavy (non-hydrogen) atoms. The molecule has 0 saturated carbocycles. The molecule has 0 amide bonds. The standard InChI is InChI=1S/C27H30ClNO4/c1-3-26(16-7-17-29-26)27(31,21-8-5-6-9-22(21)28)24-14-12-20-18-19(10-13-23(20)33-24)11-15-25(30)32-4-2/h5-10,13,16-18,24,31H,3-4,11-12,14-15H2,1-2H3. The molecule has 0 saturated heterocycles. The number of hydrogen-bond donors (Lipinski definition) is 1. The van der Waals surface area contributed by atoms with Gasteiger partial charge in [-0.2, -0.15) is 0 Å². The van der Waals surface area contributed by atoms with Crippen molar-refractivity contribution in [3.63, 3.8) is 0 Å². The Morgan fingerprint density at radius 2 is 2.12 bits per heavy atom. The molecule has 2 heterocycles. The van der Waals surface area contributed by atoms with Crippen LogP contribution in [-0.4, -0.2) is 35.5 Å². The van der Waals surface area contributed by atoms with E-state index in [0.29, 0.717) is 42.9 Å². The predicted octanol–water partition coefficient (Wildman–Crippen LogP) is 5.21. The second-order valence-corrected chi connectivity index (χ2v) is 8.96. The van der Waals surface area contributed by atoms with Crippen LogP contribution in [0.2, 0.25) is 5.02 Å². The van der Waals surface area contributed by atoms with Gasteiger partial charge in [-0.3, -0.25) is 9.79 Å². The number of aryl methyl sites for hydroxylation is 2. The van der Waals surface area contributed by atoms with Crippen LogP contribution < -0.4 is 4.74 Å².